The van der Waals surface area contributed by atoms with Crippen molar-refractivity contribution >= 4 is 43.1 Å². The molecule has 9 aromatic carbocycles. The lowest BCUT2D eigenvalue weighted by atomic mass is 9.86. The van der Waals surface area contributed by atoms with Crippen molar-refractivity contribution in [3.8, 4) is 56.0 Å². The van der Waals surface area contributed by atoms with Crippen molar-refractivity contribution in [2.24, 2.45) is 0 Å². The maximum atomic E-state index is 10.0. The van der Waals surface area contributed by atoms with Crippen LogP contribution in [0.15, 0.2) is 157 Å². The number of ether oxygens (including phenoxy) is 1. The zero-order valence-corrected chi connectivity index (χ0v) is 22.5. The highest BCUT2D eigenvalue weighted by Crippen LogP contribution is 2.49. The van der Waals surface area contributed by atoms with Gasteiger partial charge in [0.05, 0.1) is 34.3 Å². The van der Waals surface area contributed by atoms with Crippen molar-refractivity contribution in [3.05, 3.63) is 157 Å². The molecule has 9 aromatic rings. The first-order valence-corrected chi connectivity index (χ1v) is 13.5. The minimum absolute atomic E-state index is 0.292. The summed E-state index contributed by atoms with van der Waals surface area (Å²) >= 11 is 0. The number of fused-ring (bicyclic) bond motifs is 2. The summed E-state index contributed by atoms with van der Waals surface area (Å²) in [5, 5.41) is -3.30. The summed E-state index contributed by atoms with van der Waals surface area (Å²) in [7, 11) is 0. The van der Waals surface area contributed by atoms with E-state index >= 15 is 0 Å². The highest BCUT2D eigenvalue weighted by molar-refractivity contribution is 6.25. The van der Waals surface area contributed by atoms with E-state index < -0.39 is 223 Å². The van der Waals surface area contributed by atoms with Crippen molar-refractivity contribution in [1.82, 2.24) is 0 Å². The van der Waals surface area contributed by atoms with E-state index in [0.717, 1.165) is 6.07 Å². The highest BCUT2D eigenvalue weighted by Gasteiger charge is 2.22. The third-order valence-corrected chi connectivity index (χ3v) is 7.65. The standard InChI is InChI=1S/C44H26O/c1-2-8-27(9-3-1)31-24-32(34-20-18-30-17-16-28-10-6-11-29-19-21-39(34)43(30)42(28)29)26-33(25-31)35-22-23-41-44-37(35)13-7-14-38(44)36-12-4-5-15-40(36)45-41/h1-26H/i1D,2D,3D,4D,5D,6D,7D,8D,9D,10D,11D,12D,13D,14D,15D,16D,17D,18D,19D,20D,21D,22D,24D,25D,26D. The highest BCUT2D eigenvalue weighted by atomic mass is 16.5. The minimum Gasteiger partial charge on any atom is -0.456 e. The van der Waals surface area contributed by atoms with E-state index in [2.05, 4.69) is 0 Å². The third-order valence-electron chi connectivity index (χ3n) is 7.65. The third kappa shape index (κ3) is 3.62. The molecule has 0 unspecified atom stereocenters. The van der Waals surface area contributed by atoms with Gasteiger partial charge in [-0.2, -0.15) is 0 Å². The predicted molar refractivity (Wildman–Crippen MR) is 189 cm³/mol. The molecule has 0 fully saturated rings. The van der Waals surface area contributed by atoms with Gasteiger partial charge >= 0.3 is 0 Å². The fourth-order valence-corrected chi connectivity index (χ4v) is 5.72. The Bertz CT molecular complexity index is 3980. The fourth-order valence-electron chi connectivity index (χ4n) is 5.72. The lowest BCUT2D eigenvalue weighted by Gasteiger charge is -2.23. The summed E-state index contributed by atoms with van der Waals surface area (Å²) in [5.41, 5.74) is -5.30. The van der Waals surface area contributed by atoms with Crippen molar-refractivity contribution in [2.75, 3.05) is 0 Å². The Kier molecular flexibility index (Phi) is 2.19. The molecule has 208 valence electrons. The van der Waals surface area contributed by atoms with Gasteiger partial charge < -0.3 is 4.74 Å². The summed E-state index contributed by atoms with van der Waals surface area (Å²) in [5.74, 6) is -0.825. The molecule has 0 saturated carbocycles. The van der Waals surface area contributed by atoms with E-state index in [-0.39, 0.29) is 27.5 Å². The number of benzene rings is 9. The molecule has 0 atom stereocenters. The first-order chi connectivity index (χ1) is 32.7. The Hall–Kier alpha value is -5.92. The molecule has 10 rings (SSSR count). The van der Waals surface area contributed by atoms with Crippen LogP contribution >= 0.6 is 0 Å². The van der Waals surface area contributed by atoms with Crippen LogP contribution in [0.5, 0.6) is 11.5 Å². The van der Waals surface area contributed by atoms with E-state index in [1.165, 1.54) is 0 Å². The number of hydrogen-bond acceptors (Lipinski definition) is 1. The minimum atomic E-state index is -1.02. The van der Waals surface area contributed by atoms with E-state index in [4.69, 9.17) is 26.7 Å². The molecule has 0 N–H and O–H groups in total. The lowest BCUT2D eigenvalue weighted by molar-refractivity contribution is 0.487. The largest absolute Gasteiger partial charge is 0.456 e. The smallest absolute Gasteiger partial charge is 0.135 e. The summed E-state index contributed by atoms with van der Waals surface area (Å²) in [6, 6.07) is -19.7. The molecular weight excluding hydrogens is 544 g/mol. The average Bonchev–Trinajstić information content (AvgIpc) is 3.32. The molecule has 1 nitrogen and oxygen atoms in total. The Balaban J connectivity index is 1.49. The van der Waals surface area contributed by atoms with Crippen LogP contribution in [0.1, 0.15) is 34.3 Å². The van der Waals surface area contributed by atoms with Crippen LogP contribution in [0.4, 0.5) is 0 Å². The van der Waals surface area contributed by atoms with Crippen molar-refractivity contribution in [2.45, 2.75) is 0 Å². The molecule has 1 heterocycles. The van der Waals surface area contributed by atoms with Crippen LogP contribution in [0.3, 0.4) is 0 Å². The Morgan fingerprint density at radius 1 is 0.356 bits per heavy atom. The van der Waals surface area contributed by atoms with Gasteiger partial charge in [0.1, 0.15) is 11.5 Å². The van der Waals surface area contributed by atoms with Gasteiger partial charge in [-0.3, -0.25) is 0 Å². The molecule has 45 heavy (non-hydrogen) atoms. The van der Waals surface area contributed by atoms with Gasteiger partial charge in [-0.1, -0.05) is 127 Å². The topological polar surface area (TPSA) is 9.23 Å². The van der Waals surface area contributed by atoms with E-state index in [0.29, 0.717) is 0 Å². The van der Waals surface area contributed by atoms with Crippen LogP contribution < -0.4 is 4.74 Å². The second kappa shape index (κ2) is 9.29. The van der Waals surface area contributed by atoms with Gasteiger partial charge in [0.2, 0.25) is 0 Å². The van der Waals surface area contributed by atoms with Crippen LogP contribution in [-0.2, 0) is 0 Å². The quantitative estimate of drug-likeness (QED) is 0.185. The second-order valence-corrected chi connectivity index (χ2v) is 10.1. The molecule has 0 bridgehead atoms. The summed E-state index contributed by atoms with van der Waals surface area (Å²) in [6.07, 6.45) is 0. The molecular formula is C44H26O. The van der Waals surface area contributed by atoms with E-state index in [1.54, 1.807) is 0 Å². The van der Waals surface area contributed by atoms with E-state index in [9.17, 15) is 12.3 Å². The van der Waals surface area contributed by atoms with Crippen molar-refractivity contribution < 1.29 is 39.0 Å². The molecule has 0 amide bonds. The Labute approximate surface area is 296 Å². The average molecular weight is 596 g/mol. The normalized spacial score (nSPS) is 20.0. The Morgan fingerprint density at radius 3 is 1.82 bits per heavy atom. The molecule has 0 radical (unpaired) electrons. The first-order valence-electron chi connectivity index (χ1n) is 26.0. The van der Waals surface area contributed by atoms with Crippen LogP contribution in [0.25, 0.3) is 87.6 Å². The van der Waals surface area contributed by atoms with Crippen LogP contribution in [0.2, 0.25) is 0 Å². The van der Waals surface area contributed by atoms with Gasteiger partial charge in [0, 0.05) is 10.9 Å². The molecule has 1 aliphatic rings. The van der Waals surface area contributed by atoms with Crippen molar-refractivity contribution in [3.63, 3.8) is 0 Å². The molecule has 0 saturated heterocycles. The number of hydrogen-bond donors (Lipinski definition) is 0. The number of rotatable bonds is 3. The monoisotopic (exact) mass is 595 g/mol. The summed E-state index contributed by atoms with van der Waals surface area (Å²) in [4.78, 5) is 0. The predicted octanol–water partition coefficient (Wildman–Crippen LogP) is 12.5. The van der Waals surface area contributed by atoms with Gasteiger partial charge in [-0.05, 0) is 107 Å². The zero-order chi connectivity index (χ0) is 51.2. The van der Waals surface area contributed by atoms with Crippen LogP contribution in [-0.4, -0.2) is 0 Å². The van der Waals surface area contributed by atoms with Gasteiger partial charge in [-0.15, -0.1) is 0 Å². The SMILES string of the molecule is [2H]c1cc2c3c(c([2H])c([2H])c([2H])c3c1-c1c([2H])c(-c3c([2H])c([2H])c([2H])c([2H])c3[2H])c([2H])c(-c3c([2H])c([2H])c4c([2H])c([2H])c5c([2H])c([2H])c([2H])c6c([2H])c([2H])c3c4c56)c1[2H])-c1c([2H])c([2H])c([2H])c([2H])c1O2. The van der Waals surface area contributed by atoms with Gasteiger partial charge in [0.25, 0.3) is 0 Å². The van der Waals surface area contributed by atoms with E-state index in [1.807, 2.05) is 0 Å². The lowest BCUT2D eigenvalue weighted by Crippen LogP contribution is -1.97. The fraction of sp³-hybridized carbons (Fsp3) is 0. The van der Waals surface area contributed by atoms with Crippen LogP contribution in [0, 0.1) is 0 Å². The maximum Gasteiger partial charge on any atom is 0.135 e. The van der Waals surface area contributed by atoms with Crippen molar-refractivity contribution in [1.29, 1.82) is 0 Å². The molecule has 0 aromatic heterocycles. The second-order valence-electron chi connectivity index (χ2n) is 10.1. The number of para-hydroxylation sites is 1. The molecule has 0 spiro atoms. The van der Waals surface area contributed by atoms with Gasteiger partial charge in [0.15, 0.2) is 0 Å². The van der Waals surface area contributed by atoms with Gasteiger partial charge in [-0.25, -0.2) is 0 Å². The first kappa shape index (κ1) is 10.6. The zero-order valence-electron chi connectivity index (χ0n) is 47.5. The maximum absolute atomic E-state index is 10.0. The molecule has 1 aliphatic heterocycles. The Morgan fingerprint density at radius 2 is 0.978 bits per heavy atom. The summed E-state index contributed by atoms with van der Waals surface area (Å²) in [6.45, 7) is 0. The summed E-state index contributed by atoms with van der Waals surface area (Å²) < 4.78 is 231. The molecule has 0 aliphatic carbocycles. The molecule has 1 heteroatoms.